The molecule has 0 fully saturated rings. The second-order valence-corrected chi connectivity index (χ2v) is 9.20. The highest BCUT2D eigenvalue weighted by Gasteiger charge is 2.14. The minimum Gasteiger partial charge on any atom is -0.494 e. The summed E-state index contributed by atoms with van der Waals surface area (Å²) in [6.45, 7) is 14.1. The maximum Gasteiger partial charge on any atom is 0.337 e. The van der Waals surface area contributed by atoms with E-state index in [0.29, 0.717) is 16.6 Å². The van der Waals surface area contributed by atoms with Crippen LogP contribution in [0.3, 0.4) is 0 Å². The van der Waals surface area contributed by atoms with Crippen molar-refractivity contribution in [3.63, 3.8) is 0 Å². The number of anilines is 1. The van der Waals surface area contributed by atoms with Gasteiger partial charge < -0.3 is 19.9 Å². The molecule has 3 rings (SSSR count). The smallest absolute Gasteiger partial charge is 0.337 e. The number of nitrogens with one attached hydrogen (secondary N) is 2. The molecule has 3 N–H and O–H groups in total. The first-order valence-electron chi connectivity index (χ1n) is 12.3. The van der Waals surface area contributed by atoms with Gasteiger partial charge in [-0.3, -0.25) is 9.52 Å². The predicted octanol–water partition coefficient (Wildman–Crippen LogP) is 7.66. The third-order valence-electron chi connectivity index (χ3n) is 4.77. The zero-order valence-corrected chi connectivity index (χ0v) is 24.3. The number of amides is 1. The molecule has 9 heteroatoms. The summed E-state index contributed by atoms with van der Waals surface area (Å²) in [7, 11) is 0. The topological polar surface area (TPSA) is 96.9 Å². The summed E-state index contributed by atoms with van der Waals surface area (Å²) in [6.07, 6.45) is 4.64. The van der Waals surface area contributed by atoms with E-state index in [-0.39, 0.29) is 17.2 Å². The van der Waals surface area contributed by atoms with Crippen LogP contribution in [0.15, 0.2) is 76.0 Å². The Hall–Kier alpha value is -2.75. The van der Waals surface area contributed by atoms with Crippen LogP contribution < -0.4 is 10.0 Å². The van der Waals surface area contributed by atoms with Crippen LogP contribution in [0.4, 0.5) is 5.69 Å². The summed E-state index contributed by atoms with van der Waals surface area (Å²) in [4.78, 5) is 24.6. The number of halogens is 1. The zero-order chi connectivity index (χ0) is 27.6. The summed E-state index contributed by atoms with van der Waals surface area (Å²) in [5, 5.41) is 11.9. The van der Waals surface area contributed by atoms with Gasteiger partial charge in [0.2, 0.25) is 0 Å². The molecule has 37 heavy (non-hydrogen) atoms. The van der Waals surface area contributed by atoms with Gasteiger partial charge in [0, 0.05) is 40.7 Å². The molecule has 0 saturated carbocycles. The number of carboxylic acid groups (broad SMARTS) is 1. The van der Waals surface area contributed by atoms with E-state index in [2.05, 4.69) is 46.4 Å². The number of ether oxygens (including phenoxy) is 2. The highest BCUT2D eigenvalue weighted by atomic mass is 79.9. The number of carboxylic acids is 1. The molecule has 202 valence electrons. The second-order valence-electron chi connectivity index (χ2n) is 7.32. The van der Waals surface area contributed by atoms with Crippen molar-refractivity contribution in [2.75, 3.05) is 25.1 Å². The number of benzene rings is 2. The van der Waals surface area contributed by atoms with E-state index in [1.165, 1.54) is 18.0 Å². The van der Waals surface area contributed by atoms with Gasteiger partial charge in [-0.15, -0.1) is 6.58 Å². The van der Waals surface area contributed by atoms with Crippen LogP contribution in [0.2, 0.25) is 0 Å². The van der Waals surface area contributed by atoms with Gasteiger partial charge in [-0.2, -0.15) is 0 Å². The quantitative estimate of drug-likeness (QED) is 0.156. The fourth-order valence-electron chi connectivity index (χ4n) is 3.09. The first kappa shape index (κ1) is 32.3. The van der Waals surface area contributed by atoms with E-state index in [1.54, 1.807) is 36.4 Å². The van der Waals surface area contributed by atoms with Crippen molar-refractivity contribution in [2.45, 2.75) is 51.9 Å². The molecule has 2 aromatic carbocycles. The fourth-order valence-corrected chi connectivity index (χ4v) is 4.15. The molecule has 1 amide bonds. The molecule has 0 saturated heterocycles. The van der Waals surface area contributed by atoms with Crippen molar-refractivity contribution < 1.29 is 24.2 Å². The van der Waals surface area contributed by atoms with Crippen LogP contribution in [0.5, 0.6) is 0 Å². The van der Waals surface area contributed by atoms with Gasteiger partial charge >= 0.3 is 5.97 Å². The second kappa shape index (κ2) is 18.5. The molecule has 7 nitrogen and oxygen atoms in total. The molecular formula is C28H37BrN2O5S. The summed E-state index contributed by atoms with van der Waals surface area (Å²) in [6, 6.07) is 11.7. The van der Waals surface area contributed by atoms with E-state index >= 15 is 0 Å². The van der Waals surface area contributed by atoms with Crippen molar-refractivity contribution in [3.05, 3.63) is 82.2 Å². The molecular weight excluding hydrogens is 556 g/mol. The van der Waals surface area contributed by atoms with Gasteiger partial charge in [-0.25, -0.2) is 4.79 Å². The van der Waals surface area contributed by atoms with E-state index < -0.39 is 5.97 Å². The fraction of sp³-hybridized carbons (Fsp3) is 0.357. The lowest BCUT2D eigenvalue weighted by molar-refractivity contribution is 0.0698. The van der Waals surface area contributed by atoms with Crippen LogP contribution in [0.25, 0.3) is 0 Å². The Morgan fingerprint density at radius 1 is 1.08 bits per heavy atom. The van der Waals surface area contributed by atoms with E-state index in [1.807, 2.05) is 19.9 Å². The normalized spacial score (nSPS) is 12.4. The van der Waals surface area contributed by atoms with Crippen LogP contribution in [0.1, 0.15) is 67.7 Å². The molecule has 1 aliphatic heterocycles. The van der Waals surface area contributed by atoms with E-state index in [0.717, 1.165) is 48.9 Å². The highest BCUT2D eigenvalue weighted by Crippen LogP contribution is 2.23. The maximum atomic E-state index is 12.4. The maximum absolute atomic E-state index is 12.4. The van der Waals surface area contributed by atoms with Gasteiger partial charge in [-0.05, 0) is 48.3 Å². The number of hydrogen-bond donors (Lipinski definition) is 3. The summed E-state index contributed by atoms with van der Waals surface area (Å²) in [5.74, 6) is 0.616. The number of allylic oxidation sites excluding steroid dienone is 2. The Labute approximate surface area is 233 Å². The molecule has 2 aromatic rings. The van der Waals surface area contributed by atoms with E-state index in [9.17, 15) is 14.7 Å². The molecule has 0 atom stereocenters. The molecule has 1 aliphatic rings. The standard InChI is InChI=1S/C17H15BrN2O3S.C9H16O2.C2H6/c1-2-8-19-24-13-5-3-4-11(9-13)16(21)20-15-7-6-12(18)10-14(15)17(22)23;1-3-8-9(4-2)11-7-5-6-10-8;1-2/h2-7,9-10,19H,1,8H2,(H,20,21)(H,22,23);3-7H2,1-2H3;1-2H3. The molecule has 0 unspecified atom stereocenters. The third-order valence-corrected chi connectivity index (χ3v) is 6.06. The Morgan fingerprint density at radius 2 is 1.73 bits per heavy atom. The van der Waals surface area contributed by atoms with Crippen molar-refractivity contribution in [2.24, 2.45) is 0 Å². The van der Waals surface area contributed by atoms with Crippen molar-refractivity contribution >= 4 is 45.4 Å². The Morgan fingerprint density at radius 3 is 2.30 bits per heavy atom. The van der Waals surface area contributed by atoms with Crippen LogP contribution >= 0.6 is 27.9 Å². The van der Waals surface area contributed by atoms with Gasteiger partial charge in [0.05, 0.1) is 24.5 Å². The van der Waals surface area contributed by atoms with Crippen molar-refractivity contribution in [3.8, 4) is 0 Å². The molecule has 0 aliphatic carbocycles. The average Bonchev–Trinajstić information content (AvgIpc) is 3.16. The van der Waals surface area contributed by atoms with Crippen molar-refractivity contribution in [1.82, 2.24) is 4.72 Å². The molecule has 0 bridgehead atoms. The first-order valence-corrected chi connectivity index (χ1v) is 13.9. The van der Waals surface area contributed by atoms with E-state index in [4.69, 9.17) is 9.47 Å². The number of hydrogen-bond acceptors (Lipinski definition) is 6. The number of aromatic carboxylic acids is 1. The summed E-state index contributed by atoms with van der Waals surface area (Å²) >= 11 is 4.61. The van der Waals surface area contributed by atoms with Gasteiger partial charge in [-0.1, -0.05) is 55.8 Å². The first-order chi connectivity index (χ1) is 17.9. The van der Waals surface area contributed by atoms with Gasteiger partial charge in [0.25, 0.3) is 5.91 Å². The predicted molar refractivity (Wildman–Crippen MR) is 155 cm³/mol. The molecule has 1 heterocycles. The number of carbonyl (C=O) groups is 2. The van der Waals surface area contributed by atoms with Crippen LogP contribution in [0, 0.1) is 0 Å². The Kier molecular flexibility index (Phi) is 16.1. The lowest BCUT2D eigenvalue weighted by Crippen LogP contribution is -2.15. The van der Waals surface area contributed by atoms with Gasteiger partial charge in [0.15, 0.2) is 0 Å². The average molecular weight is 594 g/mol. The van der Waals surface area contributed by atoms with Crippen LogP contribution in [-0.2, 0) is 9.47 Å². The minimum absolute atomic E-state index is 0.0240. The minimum atomic E-state index is -1.11. The van der Waals surface area contributed by atoms with Gasteiger partial charge in [0.1, 0.15) is 11.5 Å². The summed E-state index contributed by atoms with van der Waals surface area (Å²) < 4.78 is 14.7. The number of rotatable bonds is 9. The van der Waals surface area contributed by atoms with Crippen LogP contribution in [-0.4, -0.2) is 36.7 Å². The summed E-state index contributed by atoms with van der Waals surface area (Å²) in [5.41, 5.74) is 0.717. The molecule has 0 spiro atoms. The Bertz CT molecular complexity index is 1040. The lowest BCUT2D eigenvalue weighted by atomic mass is 10.1. The highest BCUT2D eigenvalue weighted by molar-refractivity contribution is 9.10. The zero-order valence-electron chi connectivity index (χ0n) is 21.9. The number of carbonyl (C=O) groups excluding carboxylic acids is 1. The molecule has 0 aromatic heterocycles. The molecule has 0 radical (unpaired) electrons. The van der Waals surface area contributed by atoms with Crippen molar-refractivity contribution in [1.29, 1.82) is 0 Å². The monoisotopic (exact) mass is 592 g/mol. The SMILES string of the molecule is C=CCNSc1cccc(C(=O)Nc2ccc(Br)cc2C(=O)O)c1.CC.CCC1=C(CC)OCCCO1. The lowest BCUT2D eigenvalue weighted by Gasteiger charge is -2.10. The Balaban J connectivity index is 0.000000439. The third kappa shape index (κ3) is 11.5. The largest absolute Gasteiger partial charge is 0.494 e.